The first-order valence-electron chi connectivity index (χ1n) is 7.99. The highest BCUT2D eigenvalue weighted by Gasteiger charge is 2.34. The van der Waals surface area contributed by atoms with Gasteiger partial charge in [-0.2, -0.15) is 13.2 Å². The molecule has 0 amide bonds. The molecule has 0 aliphatic carbocycles. The van der Waals surface area contributed by atoms with Crippen LogP contribution in [0.25, 0.3) is 0 Å². The van der Waals surface area contributed by atoms with Crippen LogP contribution in [0.2, 0.25) is 0 Å². The second kappa shape index (κ2) is 6.37. The van der Waals surface area contributed by atoms with Gasteiger partial charge in [-0.3, -0.25) is 4.31 Å². The molecular formula is C18H18F3NO2S. The Kier molecular flexibility index (Phi) is 4.53. The number of rotatable bonds is 2. The molecule has 0 unspecified atom stereocenters. The van der Waals surface area contributed by atoms with Crippen LogP contribution in [0.15, 0.2) is 47.4 Å². The number of sulfonamides is 1. The third-order valence-electron chi connectivity index (χ3n) is 4.35. The SMILES string of the molecule is Cc1ccc(S(=O)(=O)N2CCCCc3ccc(C(F)(F)F)cc32)cc1. The van der Waals surface area contributed by atoms with Crippen LogP contribution in [0.4, 0.5) is 18.9 Å². The Hall–Kier alpha value is -2.02. The van der Waals surface area contributed by atoms with Gasteiger partial charge >= 0.3 is 6.18 Å². The minimum absolute atomic E-state index is 0.0864. The molecule has 134 valence electrons. The summed E-state index contributed by atoms with van der Waals surface area (Å²) in [6, 6.07) is 9.69. The van der Waals surface area contributed by atoms with Gasteiger partial charge in [0.2, 0.25) is 0 Å². The van der Waals surface area contributed by atoms with Gasteiger partial charge in [0, 0.05) is 6.54 Å². The molecule has 0 N–H and O–H groups in total. The molecule has 0 radical (unpaired) electrons. The van der Waals surface area contributed by atoms with Gasteiger partial charge in [-0.25, -0.2) is 8.42 Å². The fourth-order valence-electron chi connectivity index (χ4n) is 2.96. The standard InChI is InChI=1S/C18H18F3NO2S/c1-13-5-9-16(10-6-13)25(23,24)22-11-3-2-4-14-7-8-15(12-17(14)22)18(19,20)21/h5-10,12H,2-4,11H2,1H3. The molecule has 7 heteroatoms. The van der Waals surface area contributed by atoms with Crippen molar-refractivity contribution in [1.29, 1.82) is 0 Å². The fourth-order valence-corrected chi connectivity index (χ4v) is 4.50. The second-order valence-electron chi connectivity index (χ2n) is 6.19. The number of hydrogen-bond donors (Lipinski definition) is 0. The molecule has 1 aliphatic rings. The van der Waals surface area contributed by atoms with Crippen molar-refractivity contribution in [1.82, 2.24) is 0 Å². The summed E-state index contributed by atoms with van der Waals surface area (Å²) in [6.07, 6.45) is -2.62. The van der Waals surface area contributed by atoms with Gasteiger partial charge in [0.05, 0.1) is 16.1 Å². The van der Waals surface area contributed by atoms with E-state index in [0.29, 0.717) is 18.4 Å². The number of aryl methyl sites for hydroxylation is 2. The molecule has 0 atom stereocenters. The van der Waals surface area contributed by atoms with Crippen molar-refractivity contribution in [2.75, 3.05) is 10.8 Å². The minimum Gasteiger partial charge on any atom is -0.266 e. The molecule has 3 nitrogen and oxygen atoms in total. The molecule has 1 heterocycles. The molecule has 25 heavy (non-hydrogen) atoms. The summed E-state index contributed by atoms with van der Waals surface area (Å²) in [6.45, 7) is 2.01. The first-order valence-corrected chi connectivity index (χ1v) is 9.43. The van der Waals surface area contributed by atoms with Crippen molar-refractivity contribution in [2.45, 2.75) is 37.3 Å². The molecular weight excluding hydrogens is 351 g/mol. The number of fused-ring (bicyclic) bond motifs is 1. The Bertz CT molecular complexity index is 874. The fraction of sp³-hybridized carbons (Fsp3) is 0.333. The van der Waals surface area contributed by atoms with Crippen molar-refractivity contribution in [3.8, 4) is 0 Å². The number of halogens is 3. The Morgan fingerprint density at radius 1 is 1.00 bits per heavy atom. The molecule has 0 fully saturated rings. The number of alkyl halides is 3. The van der Waals surface area contributed by atoms with Crippen LogP contribution in [-0.2, 0) is 22.6 Å². The molecule has 2 aromatic rings. The van der Waals surface area contributed by atoms with E-state index in [2.05, 4.69) is 0 Å². The summed E-state index contributed by atoms with van der Waals surface area (Å²) in [5, 5.41) is 0. The van der Waals surface area contributed by atoms with Crippen LogP contribution in [0.3, 0.4) is 0 Å². The van der Waals surface area contributed by atoms with Gasteiger partial charge in [-0.15, -0.1) is 0 Å². The van der Waals surface area contributed by atoms with E-state index in [1.807, 2.05) is 6.92 Å². The molecule has 3 rings (SSSR count). The molecule has 1 aliphatic heterocycles. The molecule has 0 saturated carbocycles. The van der Waals surface area contributed by atoms with Crippen LogP contribution in [-0.4, -0.2) is 15.0 Å². The summed E-state index contributed by atoms with van der Waals surface area (Å²) < 4.78 is 66.4. The predicted octanol–water partition coefficient (Wildman–Crippen LogP) is 4.55. The van der Waals surface area contributed by atoms with Crippen LogP contribution in [0.5, 0.6) is 0 Å². The van der Waals surface area contributed by atoms with Gasteiger partial charge in [-0.05, 0) is 56.0 Å². The third-order valence-corrected chi connectivity index (χ3v) is 6.18. The maximum Gasteiger partial charge on any atom is 0.416 e. The zero-order valence-corrected chi connectivity index (χ0v) is 14.5. The number of benzene rings is 2. The van der Waals surface area contributed by atoms with E-state index in [1.165, 1.54) is 18.2 Å². The van der Waals surface area contributed by atoms with Crippen LogP contribution < -0.4 is 4.31 Å². The van der Waals surface area contributed by atoms with E-state index >= 15 is 0 Å². The minimum atomic E-state index is -4.51. The third kappa shape index (κ3) is 3.51. The molecule has 0 saturated heterocycles. The van der Waals surface area contributed by atoms with E-state index in [4.69, 9.17) is 0 Å². The van der Waals surface area contributed by atoms with Gasteiger partial charge in [0.1, 0.15) is 0 Å². The molecule has 0 spiro atoms. The van der Waals surface area contributed by atoms with Gasteiger partial charge < -0.3 is 0 Å². The Morgan fingerprint density at radius 2 is 1.68 bits per heavy atom. The lowest BCUT2D eigenvalue weighted by Gasteiger charge is -2.25. The highest BCUT2D eigenvalue weighted by atomic mass is 32.2. The summed E-state index contributed by atoms with van der Waals surface area (Å²) in [5.74, 6) is 0. The van der Waals surface area contributed by atoms with Crippen molar-refractivity contribution in [3.63, 3.8) is 0 Å². The zero-order valence-electron chi connectivity index (χ0n) is 13.7. The van der Waals surface area contributed by atoms with Crippen molar-refractivity contribution >= 4 is 15.7 Å². The average Bonchev–Trinajstić information content (AvgIpc) is 2.76. The molecule has 2 aromatic carbocycles. The molecule has 0 bridgehead atoms. The largest absolute Gasteiger partial charge is 0.416 e. The Morgan fingerprint density at radius 3 is 2.32 bits per heavy atom. The Labute approximate surface area is 145 Å². The maximum absolute atomic E-state index is 13.1. The smallest absolute Gasteiger partial charge is 0.266 e. The van der Waals surface area contributed by atoms with Gasteiger partial charge in [0.15, 0.2) is 0 Å². The highest BCUT2D eigenvalue weighted by molar-refractivity contribution is 7.92. The lowest BCUT2D eigenvalue weighted by molar-refractivity contribution is -0.137. The quantitative estimate of drug-likeness (QED) is 0.779. The van der Waals surface area contributed by atoms with Gasteiger partial charge in [-0.1, -0.05) is 23.8 Å². The summed E-state index contributed by atoms with van der Waals surface area (Å²) in [5.41, 5.74) is 0.834. The van der Waals surface area contributed by atoms with Crippen LogP contribution in [0.1, 0.15) is 29.5 Å². The van der Waals surface area contributed by atoms with E-state index < -0.39 is 21.8 Å². The van der Waals surface area contributed by atoms with E-state index in [1.54, 1.807) is 12.1 Å². The first kappa shape index (κ1) is 17.8. The zero-order chi connectivity index (χ0) is 18.2. The number of anilines is 1. The number of hydrogen-bond acceptors (Lipinski definition) is 2. The van der Waals surface area contributed by atoms with E-state index in [9.17, 15) is 21.6 Å². The van der Waals surface area contributed by atoms with Gasteiger partial charge in [0.25, 0.3) is 10.0 Å². The summed E-state index contributed by atoms with van der Waals surface area (Å²) >= 11 is 0. The molecule has 0 aromatic heterocycles. The Balaban J connectivity index is 2.13. The van der Waals surface area contributed by atoms with Crippen LogP contribution >= 0.6 is 0 Å². The summed E-state index contributed by atoms with van der Waals surface area (Å²) in [7, 11) is -3.91. The second-order valence-corrected chi connectivity index (χ2v) is 8.05. The van der Waals surface area contributed by atoms with E-state index in [0.717, 1.165) is 28.4 Å². The van der Waals surface area contributed by atoms with Crippen molar-refractivity contribution < 1.29 is 21.6 Å². The lowest BCUT2D eigenvalue weighted by Crippen LogP contribution is -2.32. The number of nitrogens with zero attached hydrogens (tertiary/aromatic N) is 1. The summed E-state index contributed by atoms with van der Waals surface area (Å²) in [4.78, 5) is 0.0864. The van der Waals surface area contributed by atoms with Crippen molar-refractivity contribution in [2.24, 2.45) is 0 Å². The maximum atomic E-state index is 13.1. The van der Waals surface area contributed by atoms with E-state index in [-0.39, 0.29) is 17.1 Å². The van der Waals surface area contributed by atoms with Crippen molar-refractivity contribution in [3.05, 3.63) is 59.2 Å². The predicted molar refractivity (Wildman–Crippen MR) is 90.1 cm³/mol. The monoisotopic (exact) mass is 369 g/mol. The first-order chi connectivity index (χ1) is 11.7. The van der Waals surface area contributed by atoms with Crippen LogP contribution in [0, 0.1) is 6.92 Å². The topological polar surface area (TPSA) is 37.4 Å². The normalized spacial score (nSPS) is 15.6. The average molecular weight is 369 g/mol. The lowest BCUT2D eigenvalue weighted by atomic mass is 10.0. The highest BCUT2D eigenvalue weighted by Crippen LogP contribution is 2.37.